The normalized spacial score (nSPS) is 14.8. The number of carbonyl (C=O) groups is 1. The van der Waals surface area contributed by atoms with Crippen molar-refractivity contribution < 1.29 is 9.32 Å². The minimum Gasteiger partial charge on any atom is -0.355 e. The molecule has 132 valence electrons. The second-order valence-corrected chi connectivity index (χ2v) is 7.31. The highest BCUT2D eigenvalue weighted by Crippen LogP contribution is 2.25. The summed E-state index contributed by atoms with van der Waals surface area (Å²) in [5.41, 5.74) is 0.326. The maximum atomic E-state index is 12.1. The minimum absolute atomic E-state index is 0.186. The summed E-state index contributed by atoms with van der Waals surface area (Å²) < 4.78 is 5.22. The zero-order valence-electron chi connectivity index (χ0n) is 14.1. The van der Waals surface area contributed by atoms with Crippen LogP contribution in [0.15, 0.2) is 28.1 Å². The van der Waals surface area contributed by atoms with Crippen LogP contribution in [0.2, 0.25) is 0 Å². The molecule has 25 heavy (non-hydrogen) atoms. The fourth-order valence-electron chi connectivity index (χ4n) is 2.96. The lowest BCUT2D eigenvalue weighted by Gasteiger charge is -2.38. The molecule has 1 amide bonds. The summed E-state index contributed by atoms with van der Waals surface area (Å²) in [6.45, 7) is 3.85. The number of unbranched alkanes of at least 4 members (excludes halogenated alkanes) is 2. The van der Waals surface area contributed by atoms with Gasteiger partial charge in [-0.25, -0.2) is 0 Å². The Morgan fingerprint density at radius 1 is 1.44 bits per heavy atom. The van der Waals surface area contributed by atoms with Crippen LogP contribution in [0.25, 0.3) is 10.6 Å². The molecule has 0 atom stereocenters. The number of likely N-dealkylation sites (tertiary alicyclic amines) is 1. The molecule has 3 rings (SSSR count). The van der Waals surface area contributed by atoms with Crippen LogP contribution in [0.4, 0.5) is 0 Å². The monoisotopic (exact) mass is 358 g/mol. The van der Waals surface area contributed by atoms with Gasteiger partial charge in [-0.2, -0.15) is 5.26 Å². The van der Waals surface area contributed by atoms with Crippen LogP contribution in [0.1, 0.15) is 36.2 Å². The fraction of sp³-hybridized carbons (Fsp3) is 0.500. The van der Waals surface area contributed by atoms with Crippen LogP contribution in [0, 0.1) is 17.2 Å². The van der Waals surface area contributed by atoms with Gasteiger partial charge in [0.25, 0.3) is 5.91 Å². The van der Waals surface area contributed by atoms with Crippen LogP contribution >= 0.6 is 11.3 Å². The van der Waals surface area contributed by atoms with E-state index in [1.165, 1.54) is 0 Å². The average molecular weight is 358 g/mol. The van der Waals surface area contributed by atoms with Crippen molar-refractivity contribution >= 4 is 17.2 Å². The van der Waals surface area contributed by atoms with Gasteiger partial charge in [0, 0.05) is 32.1 Å². The highest BCUT2D eigenvalue weighted by Gasteiger charge is 2.25. The Labute approximate surface area is 151 Å². The molecule has 1 aliphatic heterocycles. The van der Waals surface area contributed by atoms with Crippen molar-refractivity contribution in [3.63, 3.8) is 0 Å². The van der Waals surface area contributed by atoms with Crippen LogP contribution in [-0.2, 0) is 0 Å². The van der Waals surface area contributed by atoms with Crippen molar-refractivity contribution in [3.05, 3.63) is 29.3 Å². The highest BCUT2D eigenvalue weighted by atomic mass is 32.1. The molecule has 0 saturated carbocycles. The second-order valence-electron chi connectivity index (χ2n) is 6.36. The summed E-state index contributed by atoms with van der Waals surface area (Å²) >= 11 is 1.55. The topological polar surface area (TPSA) is 82.2 Å². The van der Waals surface area contributed by atoms with E-state index >= 15 is 0 Å². The van der Waals surface area contributed by atoms with Gasteiger partial charge in [-0.15, -0.1) is 11.3 Å². The first-order valence-electron chi connectivity index (χ1n) is 8.64. The zero-order chi connectivity index (χ0) is 17.5. The summed E-state index contributed by atoms with van der Waals surface area (Å²) in [5.74, 6) is 1.02. The molecule has 0 aromatic carbocycles. The van der Waals surface area contributed by atoms with Crippen molar-refractivity contribution in [3.8, 4) is 16.7 Å². The third kappa shape index (κ3) is 4.91. The Hall–Kier alpha value is -2.17. The molecule has 7 heteroatoms. The lowest BCUT2D eigenvalue weighted by atomic mass is 9.97. The minimum atomic E-state index is -0.186. The van der Waals surface area contributed by atoms with Crippen molar-refractivity contribution in [2.75, 3.05) is 26.2 Å². The van der Waals surface area contributed by atoms with E-state index < -0.39 is 0 Å². The SMILES string of the molecule is N#CCC1CN(CCCCCNC(=O)c2cc(-c3cccs3)on2)C1. The van der Waals surface area contributed by atoms with Gasteiger partial charge < -0.3 is 14.7 Å². The Kier molecular flexibility index (Phi) is 6.20. The van der Waals surface area contributed by atoms with E-state index in [2.05, 4.69) is 21.4 Å². The number of aromatic nitrogens is 1. The van der Waals surface area contributed by atoms with Gasteiger partial charge in [0.1, 0.15) is 0 Å². The molecule has 0 spiro atoms. The molecule has 0 unspecified atom stereocenters. The van der Waals surface area contributed by atoms with Crippen LogP contribution in [0.5, 0.6) is 0 Å². The van der Waals surface area contributed by atoms with E-state index in [1.807, 2.05) is 17.5 Å². The number of carbonyl (C=O) groups excluding carboxylic acids is 1. The largest absolute Gasteiger partial charge is 0.355 e. The lowest BCUT2D eigenvalue weighted by molar-refractivity contribution is 0.0940. The number of thiophene rings is 1. The van der Waals surface area contributed by atoms with Crippen LogP contribution in [0.3, 0.4) is 0 Å². The molecule has 0 radical (unpaired) electrons. The molecule has 0 bridgehead atoms. The van der Waals surface area contributed by atoms with Crippen molar-refractivity contribution in [1.29, 1.82) is 5.26 Å². The molecule has 6 nitrogen and oxygen atoms in total. The maximum Gasteiger partial charge on any atom is 0.273 e. The van der Waals surface area contributed by atoms with Crippen molar-refractivity contribution in [1.82, 2.24) is 15.4 Å². The Balaban J connectivity index is 1.27. The number of hydrogen-bond acceptors (Lipinski definition) is 6. The molecule has 3 heterocycles. The van der Waals surface area contributed by atoms with Crippen molar-refractivity contribution in [2.45, 2.75) is 25.7 Å². The number of nitrogens with zero attached hydrogens (tertiary/aromatic N) is 3. The molecule has 1 fully saturated rings. The Morgan fingerprint density at radius 2 is 2.32 bits per heavy atom. The van der Waals surface area contributed by atoms with Crippen LogP contribution < -0.4 is 5.32 Å². The van der Waals surface area contributed by atoms with E-state index in [-0.39, 0.29) is 5.91 Å². The number of hydrogen-bond donors (Lipinski definition) is 1. The van der Waals surface area contributed by atoms with E-state index in [0.717, 1.165) is 43.8 Å². The van der Waals surface area contributed by atoms with E-state index in [1.54, 1.807) is 17.4 Å². The highest BCUT2D eigenvalue weighted by molar-refractivity contribution is 7.13. The van der Waals surface area contributed by atoms with E-state index in [4.69, 9.17) is 9.78 Å². The molecule has 2 aromatic rings. The number of rotatable bonds is 9. The Morgan fingerprint density at radius 3 is 3.08 bits per heavy atom. The molecule has 1 N–H and O–H groups in total. The quantitative estimate of drug-likeness (QED) is 0.696. The summed E-state index contributed by atoms with van der Waals surface area (Å²) in [7, 11) is 0. The summed E-state index contributed by atoms with van der Waals surface area (Å²) in [4.78, 5) is 15.4. The first-order chi connectivity index (χ1) is 12.3. The molecule has 0 aliphatic carbocycles. The van der Waals surface area contributed by atoms with Gasteiger partial charge in [0.05, 0.1) is 10.9 Å². The summed E-state index contributed by atoms with van der Waals surface area (Å²) in [5, 5.41) is 17.3. The van der Waals surface area contributed by atoms with Gasteiger partial charge in [0.15, 0.2) is 11.5 Å². The van der Waals surface area contributed by atoms with Gasteiger partial charge in [-0.05, 0) is 36.8 Å². The third-order valence-electron chi connectivity index (χ3n) is 4.36. The maximum absolute atomic E-state index is 12.1. The predicted octanol–water partition coefficient (Wildman–Crippen LogP) is 3.15. The van der Waals surface area contributed by atoms with Gasteiger partial charge in [0.2, 0.25) is 0 Å². The first-order valence-corrected chi connectivity index (χ1v) is 9.52. The number of amides is 1. The Bertz CT molecular complexity index is 714. The number of nitrogens with one attached hydrogen (secondary N) is 1. The fourth-order valence-corrected chi connectivity index (χ4v) is 3.64. The summed E-state index contributed by atoms with van der Waals surface area (Å²) in [6.07, 6.45) is 3.84. The standard InChI is InChI=1S/C18H22N4O2S/c19-7-6-14-12-22(13-14)9-3-1-2-8-20-18(23)15-11-16(24-21-15)17-5-4-10-25-17/h4-5,10-11,14H,1-3,6,8-9,12-13H2,(H,20,23). The van der Waals surface area contributed by atoms with Gasteiger partial charge in [-0.1, -0.05) is 17.6 Å². The van der Waals surface area contributed by atoms with Crippen LogP contribution in [-0.4, -0.2) is 42.1 Å². The molecular weight excluding hydrogens is 336 g/mol. The molecule has 2 aromatic heterocycles. The molecular formula is C18H22N4O2S. The van der Waals surface area contributed by atoms with E-state index in [9.17, 15) is 4.79 Å². The smallest absolute Gasteiger partial charge is 0.273 e. The molecule has 1 aliphatic rings. The van der Waals surface area contributed by atoms with Gasteiger partial charge in [-0.3, -0.25) is 4.79 Å². The molecule has 1 saturated heterocycles. The first kappa shape index (κ1) is 17.6. The predicted molar refractivity (Wildman–Crippen MR) is 96.2 cm³/mol. The second kappa shape index (κ2) is 8.79. The lowest BCUT2D eigenvalue weighted by Crippen LogP contribution is -2.46. The van der Waals surface area contributed by atoms with E-state index in [0.29, 0.717) is 30.3 Å². The third-order valence-corrected chi connectivity index (χ3v) is 5.24. The summed E-state index contributed by atoms with van der Waals surface area (Å²) in [6, 6.07) is 7.79. The average Bonchev–Trinajstić information content (AvgIpc) is 3.26. The number of nitriles is 1. The zero-order valence-corrected chi connectivity index (χ0v) is 14.9. The van der Waals surface area contributed by atoms with Gasteiger partial charge >= 0.3 is 0 Å². The van der Waals surface area contributed by atoms with Crippen molar-refractivity contribution in [2.24, 2.45) is 5.92 Å².